The van der Waals surface area contributed by atoms with Crippen LogP contribution >= 0.6 is 0 Å². The molecule has 3 rings (SSSR count). The Kier molecular flexibility index (Phi) is 3.19. The molecule has 2 aromatic heterocycles. The number of pyridine rings is 1. The number of nitrogens with zero attached hydrogens (tertiary/aromatic N) is 3. The molecule has 0 aliphatic heterocycles. The molecule has 0 spiro atoms. The lowest BCUT2D eigenvalue weighted by Crippen LogP contribution is -1.94. The van der Waals surface area contributed by atoms with Gasteiger partial charge in [0.05, 0.1) is 5.56 Å². The van der Waals surface area contributed by atoms with E-state index in [1.807, 2.05) is 13.0 Å². The van der Waals surface area contributed by atoms with Gasteiger partial charge in [-0.3, -0.25) is 4.98 Å². The SMILES string of the molecule is Cc1cc(-c2nnc(-c3ccc(C(=O)O)cc3)o2)ccn1. The Morgan fingerprint density at radius 2 is 1.71 bits per heavy atom. The molecule has 0 radical (unpaired) electrons. The van der Waals surface area contributed by atoms with Crippen molar-refractivity contribution >= 4 is 5.97 Å². The highest BCUT2D eigenvalue weighted by Crippen LogP contribution is 2.24. The number of benzene rings is 1. The normalized spacial score (nSPS) is 10.5. The molecule has 0 saturated carbocycles. The minimum atomic E-state index is -0.972. The zero-order valence-electron chi connectivity index (χ0n) is 11.1. The number of rotatable bonds is 3. The van der Waals surface area contributed by atoms with Crippen molar-refractivity contribution in [1.82, 2.24) is 15.2 Å². The fourth-order valence-electron chi connectivity index (χ4n) is 1.89. The van der Waals surface area contributed by atoms with Gasteiger partial charge in [0.2, 0.25) is 11.8 Å². The van der Waals surface area contributed by atoms with Crippen molar-refractivity contribution in [3.63, 3.8) is 0 Å². The van der Waals surface area contributed by atoms with Crippen LogP contribution in [-0.2, 0) is 0 Å². The lowest BCUT2D eigenvalue weighted by Gasteiger charge is -1.97. The van der Waals surface area contributed by atoms with Crippen LogP contribution in [0.4, 0.5) is 0 Å². The first kappa shape index (κ1) is 13.0. The number of aryl methyl sites for hydroxylation is 1. The summed E-state index contributed by atoms with van der Waals surface area (Å²) in [5.41, 5.74) is 2.54. The smallest absolute Gasteiger partial charge is 0.335 e. The van der Waals surface area contributed by atoms with Crippen molar-refractivity contribution in [3.8, 4) is 22.9 Å². The molecule has 6 heteroatoms. The summed E-state index contributed by atoms with van der Waals surface area (Å²) < 4.78 is 5.61. The highest BCUT2D eigenvalue weighted by atomic mass is 16.4. The van der Waals surface area contributed by atoms with E-state index in [0.717, 1.165) is 11.3 Å². The Labute approximate surface area is 120 Å². The summed E-state index contributed by atoms with van der Waals surface area (Å²) in [7, 11) is 0. The van der Waals surface area contributed by atoms with Gasteiger partial charge < -0.3 is 9.52 Å². The molecule has 0 fully saturated rings. The molecule has 0 bridgehead atoms. The molecule has 0 saturated heterocycles. The predicted octanol–water partition coefficient (Wildman–Crippen LogP) is 2.81. The Morgan fingerprint density at radius 3 is 2.33 bits per heavy atom. The maximum atomic E-state index is 10.8. The van der Waals surface area contributed by atoms with E-state index in [-0.39, 0.29) is 5.56 Å². The highest BCUT2D eigenvalue weighted by Gasteiger charge is 2.11. The number of hydrogen-bond donors (Lipinski definition) is 1. The van der Waals surface area contributed by atoms with Gasteiger partial charge in [-0.25, -0.2) is 4.79 Å². The molecule has 0 atom stereocenters. The number of carboxylic acids is 1. The van der Waals surface area contributed by atoms with Crippen molar-refractivity contribution in [2.24, 2.45) is 0 Å². The molecular formula is C15H11N3O3. The van der Waals surface area contributed by atoms with E-state index in [2.05, 4.69) is 15.2 Å². The molecule has 0 aliphatic carbocycles. The molecule has 1 aromatic carbocycles. The zero-order chi connectivity index (χ0) is 14.8. The van der Waals surface area contributed by atoms with Crippen LogP contribution in [-0.4, -0.2) is 26.3 Å². The number of aromatic nitrogens is 3. The van der Waals surface area contributed by atoms with Crippen LogP contribution in [0.2, 0.25) is 0 Å². The van der Waals surface area contributed by atoms with Crippen LogP contribution in [0.15, 0.2) is 47.0 Å². The molecule has 0 unspecified atom stereocenters. The van der Waals surface area contributed by atoms with Crippen molar-refractivity contribution < 1.29 is 14.3 Å². The third kappa shape index (κ3) is 2.64. The summed E-state index contributed by atoms with van der Waals surface area (Å²) in [5.74, 6) is -0.228. The van der Waals surface area contributed by atoms with E-state index in [1.54, 1.807) is 24.4 Å². The highest BCUT2D eigenvalue weighted by molar-refractivity contribution is 5.88. The van der Waals surface area contributed by atoms with Gasteiger partial charge >= 0.3 is 5.97 Å². The quantitative estimate of drug-likeness (QED) is 0.794. The molecule has 2 heterocycles. The largest absolute Gasteiger partial charge is 0.478 e. The minimum Gasteiger partial charge on any atom is -0.478 e. The summed E-state index contributed by atoms with van der Waals surface area (Å²) in [6.45, 7) is 1.88. The van der Waals surface area contributed by atoms with E-state index in [0.29, 0.717) is 17.3 Å². The standard InChI is InChI=1S/C15H11N3O3/c1-9-8-12(6-7-16-9)14-18-17-13(21-14)10-2-4-11(5-3-10)15(19)20/h2-8H,1H3,(H,19,20). The zero-order valence-corrected chi connectivity index (χ0v) is 11.1. The average Bonchev–Trinajstić information content (AvgIpc) is 2.97. The van der Waals surface area contributed by atoms with Gasteiger partial charge in [-0.05, 0) is 43.3 Å². The maximum absolute atomic E-state index is 10.8. The van der Waals surface area contributed by atoms with Crippen LogP contribution in [0.3, 0.4) is 0 Å². The van der Waals surface area contributed by atoms with Crippen LogP contribution in [0.25, 0.3) is 22.9 Å². The topological polar surface area (TPSA) is 89.1 Å². The van der Waals surface area contributed by atoms with Gasteiger partial charge in [-0.2, -0.15) is 0 Å². The lowest BCUT2D eigenvalue weighted by molar-refractivity contribution is 0.0697. The fourth-order valence-corrected chi connectivity index (χ4v) is 1.89. The molecule has 1 N–H and O–H groups in total. The number of hydrogen-bond acceptors (Lipinski definition) is 5. The van der Waals surface area contributed by atoms with E-state index < -0.39 is 5.97 Å². The summed E-state index contributed by atoms with van der Waals surface area (Å²) in [6.07, 6.45) is 1.68. The Balaban J connectivity index is 1.93. The van der Waals surface area contributed by atoms with Crippen LogP contribution in [0.5, 0.6) is 0 Å². The summed E-state index contributed by atoms with van der Waals surface area (Å²) >= 11 is 0. The Morgan fingerprint density at radius 1 is 1.05 bits per heavy atom. The number of aromatic carboxylic acids is 1. The van der Waals surface area contributed by atoms with Crippen molar-refractivity contribution in [2.75, 3.05) is 0 Å². The van der Waals surface area contributed by atoms with Gasteiger partial charge in [0.1, 0.15) is 0 Å². The third-order valence-corrected chi connectivity index (χ3v) is 2.95. The summed E-state index contributed by atoms with van der Waals surface area (Å²) in [6, 6.07) is 9.91. The summed E-state index contributed by atoms with van der Waals surface area (Å²) in [4.78, 5) is 14.9. The second-order valence-corrected chi connectivity index (χ2v) is 4.48. The van der Waals surface area contributed by atoms with E-state index in [4.69, 9.17) is 9.52 Å². The Bertz CT molecular complexity index is 794. The lowest BCUT2D eigenvalue weighted by atomic mass is 10.1. The van der Waals surface area contributed by atoms with Gasteiger partial charge in [-0.15, -0.1) is 10.2 Å². The first-order valence-corrected chi connectivity index (χ1v) is 6.24. The van der Waals surface area contributed by atoms with Crippen molar-refractivity contribution in [2.45, 2.75) is 6.92 Å². The van der Waals surface area contributed by atoms with Gasteiger partial charge in [0, 0.05) is 23.0 Å². The molecule has 3 aromatic rings. The molecule has 0 amide bonds. The van der Waals surface area contributed by atoms with E-state index in [9.17, 15) is 4.79 Å². The van der Waals surface area contributed by atoms with E-state index in [1.165, 1.54) is 12.1 Å². The van der Waals surface area contributed by atoms with Crippen LogP contribution in [0, 0.1) is 6.92 Å². The predicted molar refractivity (Wildman–Crippen MR) is 74.7 cm³/mol. The molecule has 104 valence electrons. The van der Waals surface area contributed by atoms with Gasteiger partial charge in [-0.1, -0.05) is 0 Å². The molecular weight excluding hydrogens is 270 g/mol. The average molecular weight is 281 g/mol. The van der Waals surface area contributed by atoms with Crippen molar-refractivity contribution in [3.05, 3.63) is 53.9 Å². The third-order valence-electron chi connectivity index (χ3n) is 2.95. The Hall–Kier alpha value is -3.02. The summed E-state index contributed by atoms with van der Waals surface area (Å²) in [5, 5.41) is 16.9. The first-order valence-electron chi connectivity index (χ1n) is 6.24. The van der Waals surface area contributed by atoms with Crippen molar-refractivity contribution in [1.29, 1.82) is 0 Å². The monoisotopic (exact) mass is 281 g/mol. The maximum Gasteiger partial charge on any atom is 0.335 e. The second-order valence-electron chi connectivity index (χ2n) is 4.48. The molecule has 0 aliphatic rings. The van der Waals surface area contributed by atoms with Crippen LogP contribution in [0.1, 0.15) is 16.1 Å². The first-order chi connectivity index (χ1) is 10.1. The van der Waals surface area contributed by atoms with Crippen LogP contribution < -0.4 is 0 Å². The van der Waals surface area contributed by atoms with Gasteiger partial charge in [0.25, 0.3) is 0 Å². The second kappa shape index (κ2) is 5.16. The fraction of sp³-hybridized carbons (Fsp3) is 0.0667. The number of carbonyl (C=O) groups is 1. The molecule has 21 heavy (non-hydrogen) atoms. The number of carboxylic acid groups (broad SMARTS) is 1. The van der Waals surface area contributed by atoms with E-state index >= 15 is 0 Å². The molecule has 6 nitrogen and oxygen atoms in total. The van der Waals surface area contributed by atoms with Gasteiger partial charge in [0.15, 0.2) is 0 Å². The minimum absolute atomic E-state index is 0.211.